The second-order valence-electron chi connectivity index (χ2n) is 6.69. The molecule has 5 heteroatoms. The van der Waals surface area contributed by atoms with E-state index in [0.29, 0.717) is 12.5 Å². The molecule has 4 rings (SSSR count). The van der Waals surface area contributed by atoms with Gasteiger partial charge >= 0.3 is 0 Å². The van der Waals surface area contributed by atoms with E-state index in [9.17, 15) is 0 Å². The summed E-state index contributed by atoms with van der Waals surface area (Å²) in [5.74, 6) is 1.32. The Kier molecular flexibility index (Phi) is 4.57. The number of nitrogens with zero attached hydrogens (tertiary/aromatic N) is 4. The molecule has 0 bridgehead atoms. The van der Waals surface area contributed by atoms with Gasteiger partial charge in [0.1, 0.15) is 0 Å². The average molecular weight is 333 g/mol. The number of hydrogen-bond donors (Lipinski definition) is 1. The van der Waals surface area contributed by atoms with Crippen LogP contribution in [0.25, 0.3) is 0 Å². The van der Waals surface area contributed by atoms with Crippen LogP contribution in [0.2, 0.25) is 0 Å². The van der Waals surface area contributed by atoms with Gasteiger partial charge in [-0.1, -0.05) is 54.6 Å². The van der Waals surface area contributed by atoms with E-state index in [-0.39, 0.29) is 6.04 Å². The normalized spacial score (nSPS) is 17.9. The van der Waals surface area contributed by atoms with Crippen LogP contribution in [0.15, 0.2) is 54.6 Å². The van der Waals surface area contributed by atoms with E-state index in [1.807, 2.05) is 7.05 Å². The van der Waals surface area contributed by atoms with E-state index in [0.717, 1.165) is 5.82 Å². The standard InChI is InChI=1S/C20H23N5/c1-25-19(22-23-24-25)14-21-20(16-9-3-2-4-10-16)18-13-7-11-15-8-5-6-12-17(15)18/h2-6,8-10,12,18,20-21H,7,11,13-14H2,1H3/t18-,20-/m1/s1. The minimum Gasteiger partial charge on any atom is -0.302 e. The molecule has 1 aromatic heterocycles. The van der Waals surface area contributed by atoms with Crippen molar-refractivity contribution in [2.45, 2.75) is 37.8 Å². The van der Waals surface area contributed by atoms with Crippen LogP contribution in [0.1, 0.15) is 47.3 Å². The largest absolute Gasteiger partial charge is 0.302 e. The first-order valence-corrected chi connectivity index (χ1v) is 8.90. The van der Waals surface area contributed by atoms with Crippen molar-refractivity contribution in [2.24, 2.45) is 7.05 Å². The summed E-state index contributed by atoms with van der Waals surface area (Å²) in [6, 6.07) is 19.8. The zero-order valence-corrected chi connectivity index (χ0v) is 14.5. The van der Waals surface area contributed by atoms with Crippen molar-refractivity contribution in [1.82, 2.24) is 25.5 Å². The SMILES string of the molecule is Cn1nnnc1CN[C@H](c1ccccc1)[C@@H]1CCCc2ccccc21. The lowest BCUT2D eigenvalue weighted by Crippen LogP contribution is -2.30. The molecule has 0 unspecified atom stereocenters. The van der Waals surface area contributed by atoms with E-state index in [1.165, 1.54) is 36.0 Å². The Bertz CT molecular complexity index is 827. The Morgan fingerprint density at radius 2 is 1.92 bits per heavy atom. The summed E-state index contributed by atoms with van der Waals surface area (Å²) in [5.41, 5.74) is 4.28. The van der Waals surface area contributed by atoms with Crippen LogP contribution in [0.3, 0.4) is 0 Å². The van der Waals surface area contributed by atoms with Gasteiger partial charge in [-0.2, -0.15) is 0 Å². The molecular weight excluding hydrogens is 310 g/mol. The molecule has 1 aliphatic rings. The van der Waals surface area contributed by atoms with E-state index in [4.69, 9.17) is 0 Å². The maximum atomic E-state index is 4.11. The van der Waals surface area contributed by atoms with Crippen molar-refractivity contribution in [1.29, 1.82) is 0 Å². The van der Waals surface area contributed by atoms with Crippen LogP contribution < -0.4 is 5.32 Å². The van der Waals surface area contributed by atoms with Crippen LogP contribution in [0.4, 0.5) is 0 Å². The summed E-state index contributed by atoms with van der Waals surface area (Å²) in [5, 5.41) is 15.5. The molecule has 1 N–H and O–H groups in total. The van der Waals surface area contributed by atoms with Gasteiger partial charge in [0, 0.05) is 19.0 Å². The fraction of sp³-hybridized carbons (Fsp3) is 0.350. The summed E-state index contributed by atoms with van der Waals surface area (Å²) < 4.78 is 1.73. The van der Waals surface area contributed by atoms with Crippen molar-refractivity contribution in [2.75, 3.05) is 0 Å². The maximum absolute atomic E-state index is 4.11. The summed E-state index contributed by atoms with van der Waals surface area (Å²) in [4.78, 5) is 0. The maximum Gasteiger partial charge on any atom is 0.164 e. The monoisotopic (exact) mass is 333 g/mol. The van der Waals surface area contributed by atoms with Crippen molar-refractivity contribution >= 4 is 0 Å². The number of rotatable bonds is 5. The molecule has 1 heterocycles. The molecule has 0 saturated heterocycles. The van der Waals surface area contributed by atoms with Gasteiger partial charge in [-0.15, -0.1) is 5.10 Å². The highest BCUT2D eigenvalue weighted by Gasteiger charge is 2.28. The van der Waals surface area contributed by atoms with Gasteiger partial charge in [0.25, 0.3) is 0 Å². The van der Waals surface area contributed by atoms with Gasteiger partial charge < -0.3 is 5.32 Å². The fourth-order valence-electron chi connectivity index (χ4n) is 3.89. The number of tetrazole rings is 1. The van der Waals surface area contributed by atoms with E-state index in [2.05, 4.69) is 75.4 Å². The van der Waals surface area contributed by atoms with Crippen LogP contribution in [-0.4, -0.2) is 20.2 Å². The van der Waals surface area contributed by atoms with E-state index >= 15 is 0 Å². The predicted octanol–water partition coefficient (Wildman–Crippen LogP) is 3.16. The van der Waals surface area contributed by atoms with E-state index < -0.39 is 0 Å². The first-order chi connectivity index (χ1) is 12.3. The molecule has 3 aromatic rings. The molecule has 2 aromatic carbocycles. The number of hydrogen-bond acceptors (Lipinski definition) is 4. The van der Waals surface area contributed by atoms with Crippen LogP contribution in [0.5, 0.6) is 0 Å². The Morgan fingerprint density at radius 1 is 1.12 bits per heavy atom. The van der Waals surface area contributed by atoms with Crippen molar-refractivity contribution in [3.63, 3.8) is 0 Å². The third-order valence-corrected chi connectivity index (χ3v) is 5.16. The Hall–Kier alpha value is -2.53. The molecular formula is C20H23N5. The highest BCUT2D eigenvalue weighted by Crippen LogP contribution is 2.40. The second kappa shape index (κ2) is 7.15. The molecule has 25 heavy (non-hydrogen) atoms. The van der Waals surface area contributed by atoms with Gasteiger partial charge in [-0.3, -0.25) is 0 Å². The van der Waals surface area contributed by atoms with Gasteiger partial charge in [-0.05, 0) is 46.4 Å². The first-order valence-electron chi connectivity index (χ1n) is 8.90. The summed E-state index contributed by atoms with van der Waals surface area (Å²) in [6.07, 6.45) is 3.61. The van der Waals surface area contributed by atoms with E-state index in [1.54, 1.807) is 4.68 Å². The summed E-state index contributed by atoms with van der Waals surface area (Å²) in [6.45, 7) is 0.654. The minimum absolute atomic E-state index is 0.249. The lowest BCUT2D eigenvalue weighted by atomic mass is 9.76. The number of fused-ring (bicyclic) bond motifs is 1. The minimum atomic E-state index is 0.249. The molecule has 0 amide bonds. The molecule has 128 valence electrons. The topological polar surface area (TPSA) is 55.6 Å². The molecule has 0 radical (unpaired) electrons. The van der Waals surface area contributed by atoms with Crippen LogP contribution in [-0.2, 0) is 20.0 Å². The highest BCUT2D eigenvalue weighted by atomic mass is 15.5. The lowest BCUT2D eigenvalue weighted by Gasteiger charge is -2.33. The molecule has 0 fully saturated rings. The average Bonchev–Trinajstić information content (AvgIpc) is 3.08. The zero-order valence-electron chi connectivity index (χ0n) is 14.5. The second-order valence-corrected chi connectivity index (χ2v) is 6.69. The van der Waals surface area contributed by atoms with Gasteiger partial charge in [0.15, 0.2) is 5.82 Å². The van der Waals surface area contributed by atoms with Gasteiger partial charge in [0.2, 0.25) is 0 Å². The fourth-order valence-corrected chi connectivity index (χ4v) is 3.89. The quantitative estimate of drug-likeness (QED) is 0.779. The number of aromatic nitrogens is 4. The van der Waals surface area contributed by atoms with Crippen molar-refractivity contribution in [3.8, 4) is 0 Å². The molecule has 5 nitrogen and oxygen atoms in total. The zero-order chi connectivity index (χ0) is 17.1. The van der Waals surface area contributed by atoms with Crippen molar-refractivity contribution < 1.29 is 0 Å². The van der Waals surface area contributed by atoms with Gasteiger partial charge in [-0.25, -0.2) is 4.68 Å². The Morgan fingerprint density at radius 3 is 2.72 bits per heavy atom. The molecule has 0 spiro atoms. The highest BCUT2D eigenvalue weighted by molar-refractivity contribution is 5.36. The third kappa shape index (κ3) is 3.33. The van der Waals surface area contributed by atoms with Crippen LogP contribution >= 0.6 is 0 Å². The number of aryl methyl sites for hydroxylation is 2. The summed E-state index contributed by atoms with van der Waals surface area (Å²) in [7, 11) is 1.88. The Balaban J connectivity index is 1.65. The number of benzene rings is 2. The first kappa shape index (κ1) is 16.0. The molecule has 1 aliphatic carbocycles. The van der Waals surface area contributed by atoms with Crippen LogP contribution in [0, 0.1) is 0 Å². The predicted molar refractivity (Wildman–Crippen MR) is 96.9 cm³/mol. The van der Waals surface area contributed by atoms with Gasteiger partial charge in [0.05, 0.1) is 6.54 Å². The smallest absolute Gasteiger partial charge is 0.164 e. The molecule has 2 atom stereocenters. The molecule has 0 aliphatic heterocycles. The lowest BCUT2D eigenvalue weighted by molar-refractivity contribution is 0.393. The summed E-state index contributed by atoms with van der Waals surface area (Å²) >= 11 is 0. The molecule has 0 saturated carbocycles. The number of nitrogens with one attached hydrogen (secondary N) is 1. The van der Waals surface area contributed by atoms with Crippen molar-refractivity contribution in [3.05, 3.63) is 77.1 Å². The Labute approximate surface area is 148 Å². The third-order valence-electron chi connectivity index (χ3n) is 5.16.